The number of hydrogen-bond donors (Lipinski definition) is 1. The molecule has 11 heteroatoms. The zero-order valence-corrected chi connectivity index (χ0v) is 16.9. The lowest BCUT2D eigenvalue weighted by molar-refractivity contribution is -0.140. The van der Waals surface area contributed by atoms with E-state index in [9.17, 15) is 22.8 Å². The highest BCUT2D eigenvalue weighted by atomic mass is 19.4. The molecule has 3 saturated heterocycles. The Morgan fingerprint density at radius 2 is 1.94 bits per heavy atom. The van der Waals surface area contributed by atoms with Crippen LogP contribution in [0.5, 0.6) is 0 Å². The van der Waals surface area contributed by atoms with Crippen molar-refractivity contribution in [3.05, 3.63) is 23.8 Å². The highest BCUT2D eigenvalue weighted by molar-refractivity contribution is 5.79. The Kier molecular flexibility index (Phi) is 4.83. The van der Waals surface area contributed by atoms with Gasteiger partial charge in [0.05, 0.1) is 17.7 Å². The number of alkyl halides is 3. The van der Waals surface area contributed by atoms with E-state index in [1.807, 2.05) is 4.90 Å². The highest BCUT2D eigenvalue weighted by Crippen LogP contribution is 2.53. The first-order valence-corrected chi connectivity index (χ1v) is 10.5. The summed E-state index contributed by atoms with van der Waals surface area (Å²) in [6.07, 6.45) is 0.349. The third-order valence-corrected chi connectivity index (χ3v) is 6.87. The van der Waals surface area contributed by atoms with Gasteiger partial charge < -0.3 is 19.9 Å². The molecule has 4 heterocycles. The molecule has 1 aromatic rings. The summed E-state index contributed by atoms with van der Waals surface area (Å²) in [7, 11) is 0. The number of aromatic nitrogens is 2. The van der Waals surface area contributed by atoms with E-state index in [-0.39, 0.29) is 36.1 Å². The molecule has 5 rings (SSSR count). The lowest BCUT2D eigenvalue weighted by Gasteiger charge is -2.60. The minimum atomic E-state index is -4.42. The normalized spacial score (nSPS) is 27.9. The molecule has 1 saturated carbocycles. The van der Waals surface area contributed by atoms with Crippen LogP contribution in [0.25, 0.3) is 0 Å². The molecule has 3 amide bonds. The fourth-order valence-corrected chi connectivity index (χ4v) is 5.40. The van der Waals surface area contributed by atoms with Gasteiger partial charge in [0.1, 0.15) is 12.4 Å². The van der Waals surface area contributed by atoms with Crippen molar-refractivity contribution in [2.24, 2.45) is 11.3 Å². The number of carbonyl (C=O) groups excluding carboxylic acids is 2. The SMILES string of the molecule is O=C1CO[C@@H]2CCN(C(=O)N3CC4(CC(Cc5ncc(C(F)(F)F)cn5)C4)C3)C[C@@H]2N1. The van der Waals surface area contributed by atoms with Gasteiger partial charge in [0, 0.05) is 50.4 Å². The molecule has 0 unspecified atom stereocenters. The minimum absolute atomic E-state index is 0.00146. The van der Waals surface area contributed by atoms with Gasteiger partial charge in [0.25, 0.3) is 0 Å². The summed E-state index contributed by atoms with van der Waals surface area (Å²) in [5.74, 6) is 0.620. The first-order valence-electron chi connectivity index (χ1n) is 10.5. The molecule has 3 aliphatic heterocycles. The standard InChI is InChI=1S/C20H24F3N5O3/c21-20(22,23)13-6-24-16(25-7-13)3-12-4-19(5-12)10-28(11-19)18(30)27-2-1-15-14(8-27)26-17(29)9-31-15/h6-7,12,14-15H,1-5,8-11H2,(H,26,29)/t14-,15+/m0/s1. The van der Waals surface area contributed by atoms with Crippen LogP contribution in [-0.2, 0) is 22.1 Å². The van der Waals surface area contributed by atoms with E-state index < -0.39 is 11.7 Å². The second-order valence-corrected chi connectivity index (χ2v) is 9.26. The Labute approximate surface area is 177 Å². The number of piperidine rings is 1. The van der Waals surface area contributed by atoms with Gasteiger partial charge >= 0.3 is 12.2 Å². The van der Waals surface area contributed by atoms with Crippen molar-refractivity contribution in [1.29, 1.82) is 0 Å². The Balaban J connectivity index is 1.08. The van der Waals surface area contributed by atoms with Gasteiger partial charge in [-0.1, -0.05) is 0 Å². The molecule has 0 radical (unpaired) electrons. The van der Waals surface area contributed by atoms with E-state index in [0.29, 0.717) is 50.8 Å². The monoisotopic (exact) mass is 439 g/mol. The predicted molar refractivity (Wildman–Crippen MR) is 101 cm³/mol. The van der Waals surface area contributed by atoms with Crippen molar-refractivity contribution in [2.45, 2.75) is 44.0 Å². The number of morpholine rings is 1. The number of ether oxygens (including phenoxy) is 1. The van der Waals surface area contributed by atoms with E-state index in [4.69, 9.17) is 4.74 Å². The van der Waals surface area contributed by atoms with E-state index >= 15 is 0 Å². The van der Waals surface area contributed by atoms with E-state index in [1.165, 1.54) is 0 Å². The van der Waals surface area contributed by atoms with Crippen molar-refractivity contribution in [3.8, 4) is 0 Å². The van der Waals surface area contributed by atoms with Gasteiger partial charge in [-0.2, -0.15) is 13.2 Å². The molecule has 1 aliphatic carbocycles. The number of carbonyl (C=O) groups is 2. The molecule has 168 valence electrons. The molecule has 1 spiro atoms. The number of urea groups is 1. The Bertz CT molecular complexity index is 864. The maximum absolute atomic E-state index is 12.8. The lowest BCUT2D eigenvalue weighted by atomic mass is 9.57. The number of amides is 3. The van der Waals surface area contributed by atoms with Crippen molar-refractivity contribution in [2.75, 3.05) is 32.8 Å². The molecule has 2 atom stereocenters. The molecule has 31 heavy (non-hydrogen) atoms. The first kappa shape index (κ1) is 20.5. The maximum Gasteiger partial charge on any atom is 0.419 e. The quantitative estimate of drug-likeness (QED) is 0.754. The van der Waals surface area contributed by atoms with Gasteiger partial charge in [-0.15, -0.1) is 0 Å². The number of nitrogens with zero attached hydrogens (tertiary/aromatic N) is 4. The molecule has 4 fully saturated rings. The average molecular weight is 439 g/mol. The molecule has 0 aromatic carbocycles. The van der Waals surface area contributed by atoms with Crippen LogP contribution in [0.4, 0.5) is 18.0 Å². The summed E-state index contributed by atoms with van der Waals surface area (Å²) in [6.45, 7) is 2.57. The Hall–Kier alpha value is -2.43. The van der Waals surface area contributed by atoms with Crippen LogP contribution in [-0.4, -0.2) is 76.6 Å². The lowest BCUT2D eigenvalue weighted by Crippen LogP contribution is -2.68. The van der Waals surface area contributed by atoms with Gasteiger partial charge in [0.2, 0.25) is 5.91 Å². The molecule has 0 bridgehead atoms. The molecule has 1 N–H and O–H groups in total. The van der Waals surface area contributed by atoms with Crippen molar-refractivity contribution in [3.63, 3.8) is 0 Å². The van der Waals surface area contributed by atoms with Crippen LogP contribution in [0.2, 0.25) is 0 Å². The molecule has 4 aliphatic rings. The van der Waals surface area contributed by atoms with Crippen LogP contribution in [0, 0.1) is 11.3 Å². The maximum atomic E-state index is 12.8. The highest BCUT2D eigenvalue weighted by Gasteiger charge is 2.54. The summed E-state index contributed by atoms with van der Waals surface area (Å²) < 4.78 is 43.4. The second-order valence-electron chi connectivity index (χ2n) is 9.26. The fourth-order valence-electron chi connectivity index (χ4n) is 5.40. The largest absolute Gasteiger partial charge is 0.419 e. The third kappa shape index (κ3) is 3.95. The summed E-state index contributed by atoms with van der Waals surface area (Å²) in [6, 6.07) is -0.149. The number of hydrogen-bond acceptors (Lipinski definition) is 5. The van der Waals surface area contributed by atoms with Gasteiger partial charge in [-0.3, -0.25) is 4.79 Å². The summed E-state index contributed by atoms with van der Waals surface area (Å²) in [5.41, 5.74) is -0.718. The number of rotatable bonds is 2. The molecular formula is C20H24F3N5O3. The van der Waals surface area contributed by atoms with Crippen molar-refractivity contribution >= 4 is 11.9 Å². The number of nitrogens with one attached hydrogen (secondary N) is 1. The Morgan fingerprint density at radius 1 is 1.23 bits per heavy atom. The summed E-state index contributed by atoms with van der Waals surface area (Å²) >= 11 is 0. The topological polar surface area (TPSA) is 87.7 Å². The summed E-state index contributed by atoms with van der Waals surface area (Å²) in [4.78, 5) is 35.7. The van der Waals surface area contributed by atoms with Gasteiger partial charge in [-0.05, 0) is 25.2 Å². The van der Waals surface area contributed by atoms with Crippen LogP contribution in [0.1, 0.15) is 30.7 Å². The van der Waals surface area contributed by atoms with Crippen LogP contribution in [0.15, 0.2) is 12.4 Å². The van der Waals surface area contributed by atoms with Crippen LogP contribution < -0.4 is 5.32 Å². The smallest absolute Gasteiger partial charge is 0.366 e. The Morgan fingerprint density at radius 3 is 2.61 bits per heavy atom. The molecular weight excluding hydrogens is 415 g/mol. The third-order valence-electron chi connectivity index (χ3n) is 6.87. The second kappa shape index (κ2) is 7.32. The van der Waals surface area contributed by atoms with Gasteiger partial charge in [0.15, 0.2) is 0 Å². The first-order chi connectivity index (χ1) is 14.7. The number of fused-ring (bicyclic) bond motifs is 1. The van der Waals surface area contributed by atoms with Crippen LogP contribution >= 0.6 is 0 Å². The molecule has 8 nitrogen and oxygen atoms in total. The van der Waals surface area contributed by atoms with E-state index in [1.54, 1.807) is 4.90 Å². The fraction of sp³-hybridized carbons (Fsp3) is 0.700. The number of halogens is 3. The van der Waals surface area contributed by atoms with Crippen LogP contribution in [0.3, 0.4) is 0 Å². The van der Waals surface area contributed by atoms with E-state index in [0.717, 1.165) is 25.2 Å². The average Bonchev–Trinajstić information content (AvgIpc) is 2.67. The minimum Gasteiger partial charge on any atom is -0.366 e. The predicted octanol–water partition coefficient (Wildman–Crippen LogP) is 1.46. The van der Waals surface area contributed by atoms with Crippen molar-refractivity contribution < 1.29 is 27.5 Å². The summed E-state index contributed by atoms with van der Waals surface area (Å²) in [5, 5.41) is 2.91. The van der Waals surface area contributed by atoms with Gasteiger partial charge in [-0.25, -0.2) is 14.8 Å². The van der Waals surface area contributed by atoms with Crippen molar-refractivity contribution in [1.82, 2.24) is 25.1 Å². The zero-order valence-electron chi connectivity index (χ0n) is 16.9. The zero-order chi connectivity index (χ0) is 21.8. The number of likely N-dealkylation sites (tertiary alicyclic amines) is 2. The molecule has 1 aromatic heterocycles. The van der Waals surface area contributed by atoms with E-state index in [2.05, 4.69) is 15.3 Å².